The van der Waals surface area contributed by atoms with E-state index in [0.717, 1.165) is 40.7 Å². The van der Waals surface area contributed by atoms with Gasteiger partial charge in [-0.1, -0.05) is 30.2 Å². The third-order valence-electron chi connectivity index (χ3n) is 4.18. The number of benzene rings is 1. The molecule has 1 atom stereocenters. The molecular weight excluding hydrogens is 298 g/mol. The Balaban J connectivity index is 2.00. The number of carbonyl (C=O) groups is 1. The molecule has 2 aliphatic rings. The topological polar surface area (TPSA) is 49.7 Å². The van der Waals surface area contributed by atoms with Gasteiger partial charge in [-0.2, -0.15) is 0 Å². The quantitative estimate of drug-likeness (QED) is 0.856. The van der Waals surface area contributed by atoms with E-state index in [9.17, 15) is 4.79 Å². The summed E-state index contributed by atoms with van der Waals surface area (Å²) in [5.74, 6) is 5.12. The summed E-state index contributed by atoms with van der Waals surface area (Å²) in [4.78, 5) is 15.6. The van der Waals surface area contributed by atoms with E-state index in [1.165, 1.54) is 0 Å². The molecule has 0 saturated carbocycles. The first-order valence-corrected chi connectivity index (χ1v) is 8.07. The fourth-order valence-corrected chi connectivity index (χ4v) is 3.03. The number of aliphatic imine (C=N–C) groups is 1. The van der Waals surface area contributed by atoms with E-state index in [-0.39, 0.29) is 12.5 Å². The van der Waals surface area contributed by atoms with E-state index in [2.05, 4.69) is 47.2 Å². The molecule has 1 aliphatic heterocycles. The van der Waals surface area contributed by atoms with Gasteiger partial charge in [0.15, 0.2) is 0 Å². The van der Waals surface area contributed by atoms with Crippen molar-refractivity contribution in [1.82, 2.24) is 0 Å². The maximum absolute atomic E-state index is 11.1. The van der Waals surface area contributed by atoms with Crippen LogP contribution in [0.4, 0.5) is 0 Å². The van der Waals surface area contributed by atoms with Crippen molar-refractivity contribution in [3.05, 3.63) is 64.8 Å². The summed E-state index contributed by atoms with van der Waals surface area (Å²) in [5, 5.41) is 9.11. The number of nitrogens with zero attached hydrogens (tertiary/aromatic N) is 1. The third kappa shape index (κ3) is 3.55. The molecule has 0 amide bonds. The molecule has 0 radical (unpaired) electrons. The molecule has 1 unspecified atom stereocenters. The fraction of sp³-hybridized carbons (Fsp3) is 0.238. The van der Waals surface area contributed by atoms with Crippen molar-refractivity contribution in [3.8, 4) is 11.8 Å². The van der Waals surface area contributed by atoms with Crippen molar-refractivity contribution in [3.63, 3.8) is 0 Å². The number of aliphatic carboxylic acids is 1. The second-order valence-electron chi connectivity index (χ2n) is 5.88. The number of hydrogen-bond acceptors (Lipinski definition) is 2. The van der Waals surface area contributed by atoms with Crippen LogP contribution in [0.5, 0.6) is 0 Å². The molecule has 0 spiro atoms. The summed E-state index contributed by atoms with van der Waals surface area (Å²) in [6.45, 7) is 1.82. The lowest BCUT2D eigenvalue weighted by molar-refractivity contribution is -0.136. The second kappa shape index (κ2) is 7.14. The van der Waals surface area contributed by atoms with E-state index in [4.69, 9.17) is 5.11 Å². The first kappa shape index (κ1) is 16.0. The van der Waals surface area contributed by atoms with Crippen LogP contribution in [-0.4, -0.2) is 23.3 Å². The summed E-state index contributed by atoms with van der Waals surface area (Å²) in [7, 11) is 0. The van der Waals surface area contributed by atoms with E-state index < -0.39 is 5.97 Å². The normalized spacial score (nSPS) is 22.5. The maximum Gasteiger partial charge on any atom is 0.307 e. The van der Waals surface area contributed by atoms with Crippen molar-refractivity contribution in [2.75, 3.05) is 0 Å². The standard InChI is InChI=1S/C21H19NO2/c1-2-5-15-8-10-16(11-9-15)17-6-3-4-7-20-19(12-17)18(14-22-20)13-21(23)24/h3,6,8-12,14,20H,4,7,13H2,1H3,(H,23,24)/b6-3-,17-12+. The molecule has 1 aromatic rings. The molecule has 1 aromatic carbocycles. The molecule has 120 valence electrons. The number of fused-ring (bicyclic) bond motifs is 1. The summed E-state index contributed by atoms with van der Waals surface area (Å²) in [6.07, 6.45) is 9.96. The highest BCUT2D eigenvalue weighted by Crippen LogP contribution is 2.31. The van der Waals surface area contributed by atoms with Crippen LogP contribution in [-0.2, 0) is 4.79 Å². The Hall–Kier alpha value is -2.86. The molecule has 0 aromatic heterocycles. The van der Waals surface area contributed by atoms with Gasteiger partial charge in [-0.25, -0.2) is 0 Å². The lowest BCUT2D eigenvalue weighted by Crippen LogP contribution is -2.07. The molecule has 1 N–H and O–H groups in total. The van der Waals surface area contributed by atoms with Crippen LogP contribution in [0.1, 0.15) is 37.3 Å². The highest BCUT2D eigenvalue weighted by atomic mass is 16.4. The van der Waals surface area contributed by atoms with Gasteiger partial charge in [0.2, 0.25) is 0 Å². The summed E-state index contributed by atoms with van der Waals surface area (Å²) < 4.78 is 0. The van der Waals surface area contributed by atoms with Gasteiger partial charge < -0.3 is 5.11 Å². The van der Waals surface area contributed by atoms with E-state index in [1.54, 1.807) is 6.21 Å². The van der Waals surface area contributed by atoms with Crippen molar-refractivity contribution < 1.29 is 9.90 Å². The number of hydrogen-bond donors (Lipinski definition) is 1. The fourth-order valence-electron chi connectivity index (χ4n) is 3.03. The third-order valence-corrected chi connectivity index (χ3v) is 4.18. The number of rotatable bonds is 3. The van der Waals surface area contributed by atoms with Crippen molar-refractivity contribution in [2.45, 2.75) is 32.2 Å². The maximum atomic E-state index is 11.1. The van der Waals surface area contributed by atoms with Gasteiger partial charge in [-0.15, -0.1) is 5.92 Å². The van der Waals surface area contributed by atoms with Crippen molar-refractivity contribution in [2.24, 2.45) is 4.99 Å². The molecule has 0 saturated heterocycles. The summed E-state index contributed by atoms with van der Waals surface area (Å²) in [6, 6.07) is 8.20. The number of carboxylic acids is 1. The second-order valence-corrected chi connectivity index (χ2v) is 5.88. The minimum absolute atomic E-state index is 0.0217. The van der Waals surface area contributed by atoms with E-state index >= 15 is 0 Å². The van der Waals surface area contributed by atoms with E-state index in [1.807, 2.05) is 19.1 Å². The summed E-state index contributed by atoms with van der Waals surface area (Å²) >= 11 is 0. The zero-order valence-corrected chi connectivity index (χ0v) is 13.6. The van der Waals surface area contributed by atoms with Gasteiger partial charge in [0.1, 0.15) is 0 Å². The van der Waals surface area contributed by atoms with Crippen molar-refractivity contribution >= 4 is 17.8 Å². The monoisotopic (exact) mass is 317 g/mol. The Morgan fingerprint density at radius 3 is 2.83 bits per heavy atom. The molecule has 3 rings (SSSR count). The summed E-state index contributed by atoms with van der Waals surface area (Å²) in [5.41, 5.74) is 5.02. The average Bonchev–Trinajstić information content (AvgIpc) is 2.88. The van der Waals surface area contributed by atoms with Crippen LogP contribution in [0.2, 0.25) is 0 Å². The Labute approximate surface area is 142 Å². The molecule has 24 heavy (non-hydrogen) atoms. The van der Waals surface area contributed by atoms with Crippen LogP contribution in [0.15, 0.2) is 58.6 Å². The predicted molar refractivity (Wildman–Crippen MR) is 96.9 cm³/mol. The SMILES string of the molecule is CC#Cc1ccc(C2=C/C3=C(CC(=O)O)C=NC3CC/C=C\2)cc1. The van der Waals surface area contributed by atoms with Crippen LogP contribution >= 0.6 is 0 Å². The van der Waals surface area contributed by atoms with Gasteiger partial charge in [0, 0.05) is 11.8 Å². The Kier molecular flexibility index (Phi) is 4.77. The smallest absolute Gasteiger partial charge is 0.307 e. The largest absolute Gasteiger partial charge is 0.481 e. The zero-order valence-electron chi connectivity index (χ0n) is 13.6. The molecule has 3 nitrogen and oxygen atoms in total. The van der Waals surface area contributed by atoms with Crippen LogP contribution in [0.3, 0.4) is 0 Å². The molecule has 0 bridgehead atoms. The first-order valence-electron chi connectivity index (χ1n) is 8.07. The lowest BCUT2D eigenvalue weighted by Gasteiger charge is -2.15. The minimum Gasteiger partial charge on any atom is -0.481 e. The Morgan fingerprint density at radius 1 is 1.33 bits per heavy atom. The van der Waals surface area contributed by atoms with Gasteiger partial charge in [-0.3, -0.25) is 9.79 Å². The highest BCUT2D eigenvalue weighted by molar-refractivity contribution is 5.92. The van der Waals surface area contributed by atoms with E-state index in [0.29, 0.717) is 0 Å². The molecule has 3 heteroatoms. The highest BCUT2D eigenvalue weighted by Gasteiger charge is 2.22. The zero-order chi connectivity index (χ0) is 16.9. The van der Waals surface area contributed by atoms with Gasteiger partial charge in [0.05, 0.1) is 12.5 Å². The Bertz CT molecular complexity index is 827. The number of carboxylic acid groups (broad SMARTS) is 1. The first-order chi connectivity index (χ1) is 11.7. The van der Waals surface area contributed by atoms with Crippen LogP contribution in [0, 0.1) is 11.8 Å². The van der Waals surface area contributed by atoms with Crippen molar-refractivity contribution in [1.29, 1.82) is 0 Å². The average molecular weight is 317 g/mol. The molecule has 1 aliphatic carbocycles. The predicted octanol–water partition coefficient (Wildman–Crippen LogP) is 4.02. The Morgan fingerprint density at radius 2 is 2.12 bits per heavy atom. The lowest BCUT2D eigenvalue weighted by atomic mass is 9.91. The van der Waals surface area contributed by atoms with Gasteiger partial charge >= 0.3 is 5.97 Å². The van der Waals surface area contributed by atoms with Gasteiger partial charge in [0.25, 0.3) is 0 Å². The molecule has 0 fully saturated rings. The minimum atomic E-state index is -0.820. The van der Waals surface area contributed by atoms with Gasteiger partial charge in [-0.05, 0) is 60.3 Å². The molecular formula is C21H19NO2. The van der Waals surface area contributed by atoms with Crippen LogP contribution < -0.4 is 0 Å². The molecule has 1 heterocycles. The number of allylic oxidation sites excluding steroid dienone is 3. The van der Waals surface area contributed by atoms with Crippen LogP contribution in [0.25, 0.3) is 5.57 Å².